The molecule has 0 bridgehead atoms. The molecule has 0 saturated carbocycles. The predicted octanol–water partition coefficient (Wildman–Crippen LogP) is 3.21. The summed E-state index contributed by atoms with van der Waals surface area (Å²) in [6, 6.07) is 3.84. The van der Waals surface area contributed by atoms with Gasteiger partial charge in [-0.15, -0.1) is 0 Å². The standard InChI is InChI=1S/C15H18F3NO5S/c1-14(2,3)23-13(20)19-7-6-10-4-5-12(8-11(10)9-19)24-25(21,22)15(16,17)18/h4-5,8H,6-7,9H2,1-3H3. The molecule has 1 aromatic carbocycles. The lowest BCUT2D eigenvalue weighted by Gasteiger charge is -2.31. The van der Waals surface area contributed by atoms with Crippen LogP contribution in [0.5, 0.6) is 5.75 Å². The normalized spacial score (nSPS) is 15.5. The van der Waals surface area contributed by atoms with E-state index in [0.717, 1.165) is 11.6 Å². The molecule has 1 heterocycles. The van der Waals surface area contributed by atoms with Crippen LogP contribution in [0.3, 0.4) is 0 Å². The molecule has 0 spiro atoms. The number of halogens is 3. The quantitative estimate of drug-likeness (QED) is 0.581. The Hall–Kier alpha value is -1.97. The minimum atomic E-state index is -5.74. The van der Waals surface area contributed by atoms with Gasteiger partial charge in [-0.2, -0.15) is 21.6 Å². The van der Waals surface area contributed by atoms with Crippen LogP contribution in [0, 0.1) is 0 Å². The molecule has 1 amide bonds. The Bertz CT molecular complexity index is 768. The second kappa shape index (κ2) is 6.40. The van der Waals surface area contributed by atoms with Crippen LogP contribution < -0.4 is 4.18 Å². The van der Waals surface area contributed by atoms with E-state index in [1.165, 1.54) is 17.0 Å². The Morgan fingerprint density at radius 3 is 2.36 bits per heavy atom. The van der Waals surface area contributed by atoms with E-state index in [4.69, 9.17) is 4.74 Å². The maximum Gasteiger partial charge on any atom is 0.534 e. The van der Waals surface area contributed by atoms with Crippen LogP contribution in [0.4, 0.5) is 18.0 Å². The van der Waals surface area contributed by atoms with E-state index in [2.05, 4.69) is 4.18 Å². The monoisotopic (exact) mass is 381 g/mol. The molecule has 140 valence electrons. The number of carbonyl (C=O) groups is 1. The van der Waals surface area contributed by atoms with Crippen LogP contribution in [0.25, 0.3) is 0 Å². The summed E-state index contributed by atoms with van der Waals surface area (Å²) in [6.07, 6.45) is -0.0756. The largest absolute Gasteiger partial charge is 0.534 e. The van der Waals surface area contributed by atoms with Crippen LogP contribution >= 0.6 is 0 Å². The molecule has 0 N–H and O–H groups in total. The van der Waals surface area contributed by atoms with E-state index >= 15 is 0 Å². The van der Waals surface area contributed by atoms with Gasteiger partial charge in [-0.3, -0.25) is 0 Å². The average Bonchev–Trinajstić information content (AvgIpc) is 2.43. The number of fused-ring (bicyclic) bond motifs is 1. The SMILES string of the molecule is CC(C)(C)OC(=O)N1CCc2ccc(OS(=O)(=O)C(F)(F)F)cc2C1. The van der Waals surface area contributed by atoms with Gasteiger partial charge in [-0.05, 0) is 50.5 Å². The van der Waals surface area contributed by atoms with Gasteiger partial charge in [0.15, 0.2) is 0 Å². The van der Waals surface area contributed by atoms with Gasteiger partial charge in [-0.25, -0.2) is 4.79 Å². The van der Waals surface area contributed by atoms with Crippen molar-refractivity contribution in [2.24, 2.45) is 0 Å². The van der Waals surface area contributed by atoms with Crippen LogP contribution in [0.2, 0.25) is 0 Å². The molecule has 0 fully saturated rings. The summed E-state index contributed by atoms with van der Waals surface area (Å²) >= 11 is 0. The third kappa shape index (κ3) is 4.77. The topological polar surface area (TPSA) is 72.9 Å². The molecule has 0 radical (unpaired) electrons. The molecule has 6 nitrogen and oxygen atoms in total. The first-order valence-electron chi connectivity index (χ1n) is 7.39. The molecular weight excluding hydrogens is 363 g/mol. The number of hydrogen-bond donors (Lipinski definition) is 0. The Morgan fingerprint density at radius 2 is 1.80 bits per heavy atom. The van der Waals surface area contributed by atoms with Crippen molar-refractivity contribution in [1.82, 2.24) is 4.90 Å². The zero-order chi connectivity index (χ0) is 19.0. The highest BCUT2D eigenvalue weighted by Gasteiger charge is 2.48. The third-order valence-corrected chi connectivity index (χ3v) is 4.31. The van der Waals surface area contributed by atoms with Gasteiger partial charge in [0.2, 0.25) is 0 Å². The Balaban J connectivity index is 2.18. The van der Waals surface area contributed by atoms with Crippen molar-refractivity contribution in [3.8, 4) is 5.75 Å². The van der Waals surface area contributed by atoms with Crippen LogP contribution in [-0.4, -0.2) is 37.1 Å². The number of nitrogens with zero attached hydrogens (tertiary/aromatic N) is 1. The van der Waals surface area contributed by atoms with Crippen molar-refractivity contribution in [3.05, 3.63) is 29.3 Å². The highest BCUT2D eigenvalue weighted by Crippen LogP contribution is 2.30. The average molecular weight is 381 g/mol. The molecule has 0 aromatic heterocycles. The zero-order valence-corrected chi connectivity index (χ0v) is 14.7. The van der Waals surface area contributed by atoms with Crippen LogP contribution in [0.1, 0.15) is 31.9 Å². The number of amides is 1. The number of alkyl halides is 3. The van der Waals surface area contributed by atoms with Gasteiger partial charge in [-0.1, -0.05) is 6.07 Å². The maximum absolute atomic E-state index is 12.4. The number of benzene rings is 1. The molecule has 10 heteroatoms. The van der Waals surface area contributed by atoms with Crippen LogP contribution in [0.15, 0.2) is 18.2 Å². The van der Waals surface area contributed by atoms with E-state index in [0.29, 0.717) is 18.5 Å². The minimum absolute atomic E-state index is 0.0908. The lowest BCUT2D eigenvalue weighted by Crippen LogP contribution is -2.39. The summed E-state index contributed by atoms with van der Waals surface area (Å²) in [5.41, 5.74) is -4.88. The van der Waals surface area contributed by atoms with Crippen LogP contribution in [-0.2, 0) is 27.8 Å². The van der Waals surface area contributed by atoms with Crippen molar-refractivity contribution >= 4 is 16.2 Å². The van der Waals surface area contributed by atoms with Gasteiger partial charge in [0, 0.05) is 13.1 Å². The summed E-state index contributed by atoms with van der Waals surface area (Å²) in [5, 5.41) is 0. The first-order chi connectivity index (χ1) is 11.3. The predicted molar refractivity (Wildman–Crippen MR) is 82.4 cm³/mol. The molecule has 0 aliphatic carbocycles. The Labute approximate surface area is 143 Å². The molecule has 25 heavy (non-hydrogen) atoms. The van der Waals surface area contributed by atoms with Crippen molar-refractivity contribution < 1.29 is 35.3 Å². The molecular formula is C15H18F3NO5S. The summed E-state index contributed by atoms with van der Waals surface area (Å²) in [7, 11) is -5.74. The smallest absolute Gasteiger partial charge is 0.444 e. The van der Waals surface area contributed by atoms with Crippen molar-refractivity contribution in [2.75, 3.05) is 6.54 Å². The van der Waals surface area contributed by atoms with Gasteiger partial charge >= 0.3 is 21.7 Å². The summed E-state index contributed by atoms with van der Waals surface area (Å²) in [4.78, 5) is 13.5. The molecule has 2 rings (SSSR count). The first-order valence-corrected chi connectivity index (χ1v) is 8.80. The highest BCUT2D eigenvalue weighted by molar-refractivity contribution is 7.88. The van der Waals surface area contributed by atoms with E-state index in [-0.39, 0.29) is 6.54 Å². The summed E-state index contributed by atoms with van der Waals surface area (Å²) in [6.45, 7) is 5.64. The Kier molecular flexibility index (Phi) is 4.95. The summed E-state index contributed by atoms with van der Waals surface area (Å²) < 4.78 is 68.8. The number of rotatable bonds is 2. The van der Waals surface area contributed by atoms with Crippen molar-refractivity contribution in [3.63, 3.8) is 0 Å². The lowest BCUT2D eigenvalue weighted by molar-refractivity contribution is -0.0500. The van der Waals surface area contributed by atoms with Gasteiger partial charge in [0.25, 0.3) is 0 Å². The van der Waals surface area contributed by atoms with Gasteiger partial charge < -0.3 is 13.8 Å². The minimum Gasteiger partial charge on any atom is -0.444 e. The second-order valence-electron chi connectivity index (χ2n) is 6.57. The zero-order valence-electron chi connectivity index (χ0n) is 13.9. The fourth-order valence-corrected chi connectivity index (χ4v) is 2.69. The molecule has 0 saturated heterocycles. The Morgan fingerprint density at radius 1 is 1.16 bits per heavy atom. The molecule has 1 aliphatic rings. The van der Waals surface area contributed by atoms with Gasteiger partial charge in [0.05, 0.1) is 0 Å². The van der Waals surface area contributed by atoms with Gasteiger partial charge in [0.1, 0.15) is 11.4 Å². The fourth-order valence-electron chi connectivity index (χ4n) is 2.24. The van der Waals surface area contributed by atoms with E-state index in [1.54, 1.807) is 20.8 Å². The van der Waals surface area contributed by atoms with Crippen molar-refractivity contribution in [1.29, 1.82) is 0 Å². The molecule has 1 aromatic rings. The van der Waals surface area contributed by atoms with E-state index in [9.17, 15) is 26.4 Å². The maximum atomic E-state index is 12.4. The number of hydrogen-bond acceptors (Lipinski definition) is 5. The third-order valence-electron chi connectivity index (χ3n) is 3.33. The second-order valence-corrected chi connectivity index (χ2v) is 8.10. The molecule has 1 aliphatic heterocycles. The van der Waals surface area contributed by atoms with E-state index < -0.39 is 33.1 Å². The molecule has 0 atom stereocenters. The number of carbonyl (C=O) groups excluding carboxylic acids is 1. The summed E-state index contributed by atoms with van der Waals surface area (Å²) in [5.74, 6) is -0.456. The lowest BCUT2D eigenvalue weighted by atomic mass is 10.00. The highest BCUT2D eigenvalue weighted by atomic mass is 32.2. The first kappa shape index (κ1) is 19.4. The fraction of sp³-hybridized carbons (Fsp3) is 0.533. The molecule has 0 unspecified atom stereocenters. The number of ether oxygens (including phenoxy) is 1. The van der Waals surface area contributed by atoms with E-state index in [1.807, 2.05) is 0 Å². The van der Waals surface area contributed by atoms with Crippen molar-refractivity contribution in [2.45, 2.75) is 44.8 Å².